The molecule has 7 heteroatoms. The molecule has 0 fully saturated rings. The minimum atomic E-state index is -1.54. The molecule has 1 atom stereocenters. The summed E-state index contributed by atoms with van der Waals surface area (Å²) in [7, 11) is 0. The lowest BCUT2D eigenvalue weighted by Crippen LogP contribution is -2.20. The van der Waals surface area contributed by atoms with Crippen molar-refractivity contribution in [3.63, 3.8) is 0 Å². The van der Waals surface area contributed by atoms with Gasteiger partial charge < -0.3 is 0 Å². The van der Waals surface area contributed by atoms with Crippen molar-refractivity contribution in [1.82, 2.24) is 0 Å². The van der Waals surface area contributed by atoms with E-state index in [0.29, 0.717) is 12.8 Å². The van der Waals surface area contributed by atoms with E-state index >= 15 is 0 Å². The third kappa shape index (κ3) is 6.12. The molecule has 0 saturated heterocycles. The summed E-state index contributed by atoms with van der Waals surface area (Å²) in [4.78, 5) is 9.47. The van der Waals surface area contributed by atoms with Crippen molar-refractivity contribution in [3.8, 4) is 0 Å². The fourth-order valence-electron chi connectivity index (χ4n) is 0.563. The molecular weight excluding hydrogens is 248 g/mol. The fourth-order valence-corrected chi connectivity index (χ4v) is 1.04. The Morgan fingerprint density at radius 1 is 1.42 bits per heavy atom. The average molecular weight is 255 g/mol. The number of rotatable bonds is 4. The van der Waals surface area contributed by atoms with E-state index in [4.69, 9.17) is 46.4 Å². The number of nitrogens with zero attached hydrogens (tertiary/aromatic N) is 1. The minimum absolute atomic E-state index is 0.149. The minimum Gasteiger partial charge on any atom is -0.265 e. The molecule has 0 aromatic rings. The molecule has 12 heavy (non-hydrogen) atoms. The molecule has 0 spiro atoms. The Bertz CT molecular complexity index is 158. The summed E-state index contributed by atoms with van der Waals surface area (Å²) < 4.78 is -1.54. The zero-order chi connectivity index (χ0) is 9.78. The van der Waals surface area contributed by atoms with Crippen LogP contribution in [0.2, 0.25) is 0 Å². The van der Waals surface area contributed by atoms with Gasteiger partial charge >= 0.3 is 0 Å². The highest BCUT2D eigenvalue weighted by atomic mass is 35.6. The van der Waals surface area contributed by atoms with Crippen LogP contribution in [-0.4, -0.2) is 20.6 Å². The molecule has 0 aliphatic rings. The summed E-state index contributed by atoms with van der Waals surface area (Å²) >= 11 is 21.9. The Kier molecular flexibility index (Phi) is 5.57. The molecule has 0 saturated carbocycles. The van der Waals surface area contributed by atoms with Crippen molar-refractivity contribution in [1.29, 1.82) is 0 Å². The molecule has 3 nitrogen and oxygen atoms in total. The maximum absolute atomic E-state index is 9.89. The van der Waals surface area contributed by atoms with Crippen molar-refractivity contribution in [2.24, 2.45) is 0 Å². The lowest BCUT2D eigenvalue weighted by atomic mass is 10.2. The molecule has 0 aromatic carbocycles. The van der Waals surface area contributed by atoms with Crippen molar-refractivity contribution < 1.29 is 4.92 Å². The van der Waals surface area contributed by atoms with E-state index in [2.05, 4.69) is 0 Å². The van der Waals surface area contributed by atoms with Crippen LogP contribution in [0.1, 0.15) is 12.8 Å². The second-order valence-corrected chi connectivity index (χ2v) is 5.10. The van der Waals surface area contributed by atoms with E-state index in [9.17, 15) is 10.1 Å². The van der Waals surface area contributed by atoms with Crippen LogP contribution in [0.4, 0.5) is 0 Å². The molecule has 0 N–H and O–H groups in total. The van der Waals surface area contributed by atoms with Gasteiger partial charge in [-0.1, -0.05) is 34.8 Å². The Morgan fingerprint density at radius 2 is 1.92 bits per heavy atom. The zero-order valence-corrected chi connectivity index (χ0v) is 9.00. The monoisotopic (exact) mass is 253 g/mol. The molecular formula is C5H7Cl4NO2. The van der Waals surface area contributed by atoms with Gasteiger partial charge in [0.1, 0.15) is 0 Å². The van der Waals surface area contributed by atoms with Gasteiger partial charge in [0.15, 0.2) is 0 Å². The second kappa shape index (κ2) is 5.32. The SMILES string of the molecule is O=[N+]([O-])CCCC(Cl)C(Cl)(Cl)Cl. The Hall–Kier alpha value is 0.560. The van der Waals surface area contributed by atoms with Crippen molar-refractivity contribution >= 4 is 46.4 Å². The first kappa shape index (κ1) is 12.6. The van der Waals surface area contributed by atoms with E-state index in [1.165, 1.54) is 0 Å². The first-order chi connectivity index (χ1) is 5.34. The van der Waals surface area contributed by atoms with Gasteiger partial charge in [-0.2, -0.15) is 0 Å². The summed E-state index contributed by atoms with van der Waals surface area (Å²) in [5.74, 6) is 0. The molecule has 0 aliphatic heterocycles. The molecule has 72 valence electrons. The van der Waals surface area contributed by atoms with Gasteiger partial charge in [0.05, 0.1) is 5.38 Å². The molecule has 1 unspecified atom stereocenters. The second-order valence-electron chi connectivity index (χ2n) is 2.21. The first-order valence-electron chi connectivity index (χ1n) is 3.16. The van der Waals surface area contributed by atoms with Gasteiger partial charge in [0, 0.05) is 11.3 Å². The van der Waals surface area contributed by atoms with Crippen molar-refractivity contribution in [3.05, 3.63) is 10.1 Å². The highest BCUT2D eigenvalue weighted by molar-refractivity contribution is 6.70. The van der Waals surface area contributed by atoms with E-state index in [1.807, 2.05) is 0 Å². The van der Waals surface area contributed by atoms with Crippen LogP contribution < -0.4 is 0 Å². The van der Waals surface area contributed by atoms with E-state index in [-0.39, 0.29) is 6.54 Å². The van der Waals surface area contributed by atoms with Crippen LogP contribution in [-0.2, 0) is 0 Å². The van der Waals surface area contributed by atoms with Gasteiger partial charge in [-0.15, -0.1) is 11.6 Å². The number of alkyl halides is 4. The van der Waals surface area contributed by atoms with Crippen LogP contribution in [0.25, 0.3) is 0 Å². The van der Waals surface area contributed by atoms with Gasteiger partial charge in [-0.3, -0.25) is 10.1 Å². The predicted molar refractivity (Wildman–Crippen MR) is 51.0 cm³/mol. The molecule has 0 aromatic heterocycles. The van der Waals surface area contributed by atoms with Crippen LogP contribution in [0.5, 0.6) is 0 Å². The summed E-state index contributed by atoms with van der Waals surface area (Å²) in [6, 6.07) is 0. The highest BCUT2D eigenvalue weighted by Gasteiger charge is 2.30. The maximum atomic E-state index is 9.89. The van der Waals surface area contributed by atoms with Crippen LogP contribution in [0.15, 0.2) is 0 Å². The molecule has 0 radical (unpaired) electrons. The van der Waals surface area contributed by atoms with Gasteiger partial charge in [0.2, 0.25) is 10.3 Å². The summed E-state index contributed by atoms with van der Waals surface area (Å²) in [5, 5.41) is 9.22. The predicted octanol–water partition coefficient (Wildman–Crippen LogP) is 3.02. The number of hydrogen-bond donors (Lipinski definition) is 0. The molecule has 0 amide bonds. The standard InChI is InChI=1S/C5H7Cl4NO2/c6-4(5(7,8)9)2-1-3-10(11)12/h4H,1-3H2. The third-order valence-corrected chi connectivity index (χ3v) is 2.82. The van der Waals surface area contributed by atoms with Gasteiger partial charge in [0.25, 0.3) is 0 Å². The number of halogens is 4. The Morgan fingerprint density at radius 3 is 2.25 bits per heavy atom. The topological polar surface area (TPSA) is 43.1 Å². The largest absolute Gasteiger partial charge is 0.265 e. The van der Waals surface area contributed by atoms with E-state index < -0.39 is 14.1 Å². The highest BCUT2D eigenvalue weighted by Crippen LogP contribution is 2.35. The summed E-state index contributed by atoms with van der Waals surface area (Å²) in [6.45, 7) is -0.149. The lowest BCUT2D eigenvalue weighted by molar-refractivity contribution is -0.480. The Balaban J connectivity index is 3.58. The van der Waals surface area contributed by atoms with Gasteiger partial charge in [-0.25, -0.2) is 0 Å². The maximum Gasteiger partial charge on any atom is 0.206 e. The molecule has 0 bridgehead atoms. The van der Waals surface area contributed by atoms with Crippen LogP contribution >= 0.6 is 46.4 Å². The van der Waals surface area contributed by atoms with Crippen LogP contribution in [0, 0.1) is 10.1 Å². The average Bonchev–Trinajstić information content (AvgIpc) is 1.84. The van der Waals surface area contributed by atoms with Gasteiger partial charge in [-0.05, 0) is 6.42 Å². The first-order valence-corrected chi connectivity index (χ1v) is 4.73. The Labute approximate surface area is 90.1 Å². The molecule has 0 rings (SSSR count). The quantitative estimate of drug-likeness (QED) is 0.440. The van der Waals surface area contributed by atoms with Crippen LogP contribution in [0.3, 0.4) is 0 Å². The summed E-state index contributed by atoms with van der Waals surface area (Å²) in [5.41, 5.74) is 0. The lowest BCUT2D eigenvalue weighted by Gasteiger charge is -2.16. The zero-order valence-electron chi connectivity index (χ0n) is 5.97. The van der Waals surface area contributed by atoms with Crippen molar-refractivity contribution in [2.75, 3.05) is 6.54 Å². The number of nitro groups is 1. The normalized spacial score (nSPS) is 14.3. The van der Waals surface area contributed by atoms with Crippen molar-refractivity contribution in [2.45, 2.75) is 22.0 Å². The smallest absolute Gasteiger partial charge is 0.206 e. The molecule has 0 heterocycles. The number of hydrogen-bond acceptors (Lipinski definition) is 2. The molecule has 0 aliphatic carbocycles. The summed E-state index contributed by atoms with van der Waals surface area (Å²) in [6.07, 6.45) is 0.633. The fraction of sp³-hybridized carbons (Fsp3) is 1.00. The van der Waals surface area contributed by atoms with E-state index in [0.717, 1.165) is 0 Å². The third-order valence-electron chi connectivity index (χ3n) is 1.15. The van der Waals surface area contributed by atoms with E-state index in [1.54, 1.807) is 0 Å².